The molecule has 2 aliphatic heterocycles. The highest BCUT2D eigenvalue weighted by Gasteiger charge is 2.40. The van der Waals surface area contributed by atoms with E-state index in [9.17, 15) is 14.7 Å². The average Bonchev–Trinajstić information content (AvgIpc) is 2.83. The summed E-state index contributed by atoms with van der Waals surface area (Å²) < 4.78 is 5.11. The summed E-state index contributed by atoms with van der Waals surface area (Å²) in [5.41, 5.74) is 1.88. The second kappa shape index (κ2) is 5.83. The smallest absolute Gasteiger partial charge is 0.319 e. The van der Waals surface area contributed by atoms with E-state index < -0.39 is 6.04 Å². The van der Waals surface area contributed by atoms with E-state index >= 15 is 0 Å². The van der Waals surface area contributed by atoms with Crippen LogP contribution in [0.2, 0.25) is 0 Å². The van der Waals surface area contributed by atoms with Gasteiger partial charge in [-0.3, -0.25) is 4.79 Å². The molecule has 3 N–H and O–H groups in total. The molecule has 0 aromatic heterocycles. The molecule has 0 bridgehead atoms. The van der Waals surface area contributed by atoms with E-state index in [0.717, 1.165) is 6.42 Å². The maximum Gasteiger partial charge on any atom is 0.319 e. The minimum atomic E-state index is -0.553. The number of amides is 3. The van der Waals surface area contributed by atoms with Crippen molar-refractivity contribution in [1.82, 2.24) is 15.5 Å². The lowest BCUT2D eigenvalue weighted by Crippen LogP contribution is -2.44. The second-order valence-electron chi connectivity index (χ2n) is 5.58. The van der Waals surface area contributed by atoms with Crippen molar-refractivity contribution in [3.63, 3.8) is 0 Å². The molecule has 1 aromatic rings. The van der Waals surface area contributed by atoms with Gasteiger partial charge in [0.1, 0.15) is 0 Å². The molecule has 0 spiro atoms. The Morgan fingerprint density at radius 3 is 2.87 bits per heavy atom. The van der Waals surface area contributed by atoms with Crippen molar-refractivity contribution in [3.8, 4) is 11.5 Å². The summed E-state index contributed by atoms with van der Waals surface area (Å²) in [5.74, 6) is 0.232. The van der Waals surface area contributed by atoms with Crippen LogP contribution in [-0.2, 0) is 4.79 Å². The summed E-state index contributed by atoms with van der Waals surface area (Å²) in [5, 5.41) is 15.2. The normalized spacial score (nSPS) is 20.3. The van der Waals surface area contributed by atoms with Crippen LogP contribution in [-0.4, -0.2) is 42.1 Å². The number of nitrogens with one attached hydrogen (secondary N) is 2. The Morgan fingerprint density at radius 2 is 2.17 bits per heavy atom. The number of phenols is 1. The van der Waals surface area contributed by atoms with Gasteiger partial charge in [0.05, 0.1) is 31.0 Å². The number of nitrogens with zero attached hydrogens (tertiary/aromatic N) is 1. The van der Waals surface area contributed by atoms with Crippen molar-refractivity contribution in [1.29, 1.82) is 0 Å². The molecule has 0 saturated carbocycles. The van der Waals surface area contributed by atoms with Gasteiger partial charge in [-0.2, -0.15) is 0 Å². The first-order chi connectivity index (χ1) is 11.0. The maximum atomic E-state index is 12.6. The number of carbonyl (C=O) groups excluding carboxylic acids is 2. The predicted octanol–water partition coefficient (Wildman–Crippen LogP) is 1.26. The standard InChI is InChI=1S/C16H19N3O4/c1-3-6-19-8-10-13(15(19)21)14(18-16(22)17-10)9-4-5-11(20)12(7-9)23-2/h4-5,7,14,20H,3,6,8H2,1-2H3,(H2,17,18,22)/t14-/m1/s1. The molecule has 0 aliphatic carbocycles. The number of benzene rings is 1. The number of rotatable bonds is 4. The van der Waals surface area contributed by atoms with Gasteiger partial charge in [0.15, 0.2) is 11.5 Å². The Bertz CT molecular complexity index is 699. The monoisotopic (exact) mass is 317 g/mol. The summed E-state index contributed by atoms with van der Waals surface area (Å²) in [6.07, 6.45) is 0.853. The Balaban J connectivity index is 1.99. The zero-order chi connectivity index (χ0) is 16.6. The fraction of sp³-hybridized carbons (Fsp3) is 0.375. The van der Waals surface area contributed by atoms with Crippen molar-refractivity contribution in [2.24, 2.45) is 0 Å². The lowest BCUT2D eigenvalue weighted by atomic mass is 9.96. The molecule has 7 heteroatoms. The van der Waals surface area contributed by atoms with Gasteiger partial charge in [-0.25, -0.2) is 4.79 Å². The van der Waals surface area contributed by atoms with E-state index in [1.165, 1.54) is 13.2 Å². The number of methoxy groups -OCH3 is 1. The summed E-state index contributed by atoms with van der Waals surface area (Å²) in [7, 11) is 1.45. The summed E-state index contributed by atoms with van der Waals surface area (Å²) in [6, 6.07) is 3.90. The number of hydrogen-bond acceptors (Lipinski definition) is 4. The number of carbonyl (C=O) groups is 2. The molecule has 1 atom stereocenters. The maximum absolute atomic E-state index is 12.6. The molecule has 0 unspecified atom stereocenters. The Kier molecular flexibility index (Phi) is 3.85. The number of aromatic hydroxyl groups is 1. The fourth-order valence-corrected chi connectivity index (χ4v) is 3.00. The van der Waals surface area contributed by atoms with Gasteiger partial charge in [-0.15, -0.1) is 0 Å². The van der Waals surface area contributed by atoms with Crippen LogP contribution in [0.15, 0.2) is 29.5 Å². The van der Waals surface area contributed by atoms with E-state index in [4.69, 9.17) is 4.74 Å². The van der Waals surface area contributed by atoms with Gasteiger partial charge in [-0.05, 0) is 24.1 Å². The predicted molar refractivity (Wildman–Crippen MR) is 83.0 cm³/mol. The molecule has 3 rings (SSSR count). The van der Waals surface area contributed by atoms with Gasteiger partial charge in [0.2, 0.25) is 0 Å². The minimum Gasteiger partial charge on any atom is -0.504 e. The van der Waals surface area contributed by atoms with Gasteiger partial charge >= 0.3 is 6.03 Å². The third-order valence-electron chi connectivity index (χ3n) is 4.05. The Labute approximate surface area is 133 Å². The molecule has 0 radical (unpaired) electrons. The zero-order valence-electron chi connectivity index (χ0n) is 13.0. The lowest BCUT2D eigenvalue weighted by molar-refractivity contribution is -0.125. The molecule has 122 valence electrons. The molecule has 7 nitrogen and oxygen atoms in total. The molecule has 3 amide bonds. The fourth-order valence-electron chi connectivity index (χ4n) is 3.00. The number of phenolic OH excluding ortho intramolecular Hbond substituents is 1. The minimum absolute atomic E-state index is 0.0103. The highest BCUT2D eigenvalue weighted by atomic mass is 16.5. The van der Waals surface area contributed by atoms with Crippen molar-refractivity contribution in [2.45, 2.75) is 19.4 Å². The molecule has 23 heavy (non-hydrogen) atoms. The van der Waals surface area contributed by atoms with Crippen molar-refractivity contribution >= 4 is 11.9 Å². The highest BCUT2D eigenvalue weighted by molar-refractivity contribution is 6.01. The van der Waals surface area contributed by atoms with E-state index in [1.807, 2.05) is 6.92 Å². The van der Waals surface area contributed by atoms with Gasteiger partial charge < -0.3 is 25.4 Å². The van der Waals surface area contributed by atoms with Crippen LogP contribution in [0.4, 0.5) is 4.79 Å². The van der Waals surface area contributed by atoms with Gasteiger partial charge in [0, 0.05) is 6.54 Å². The SMILES string of the molecule is CCCN1CC2=C(C1=O)[C@@H](c1ccc(O)c(OC)c1)NC(=O)N2. The molecule has 0 saturated heterocycles. The van der Waals surface area contributed by atoms with Crippen molar-refractivity contribution in [3.05, 3.63) is 35.0 Å². The van der Waals surface area contributed by atoms with Gasteiger partial charge in [0.25, 0.3) is 5.91 Å². The number of urea groups is 1. The largest absolute Gasteiger partial charge is 0.504 e. The van der Waals surface area contributed by atoms with E-state index in [0.29, 0.717) is 35.7 Å². The molecule has 2 aliphatic rings. The Morgan fingerprint density at radius 1 is 1.39 bits per heavy atom. The first-order valence-corrected chi connectivity index (χ1v) is 7.52. The van der Waals surface area contributed by atoms with Crippen LogP contribution in [0.25, 0.3) is 0 Å². The van der Waals surface area contributed by atoms with Crippen molar-refractivity contribution < 1.29 is 19.4 Å². The summed E-state index contributed by atoms with van der Waals surface area (Å²) in [4.78, 5) is 26.3. The Hall–Kier alpha value is -2.70. The van der Waals surface area contributed by atoms with Gasteiger partial charge in [-0.1, -0.05) is 13.0 Å². The van der Waals surface area contributed by atoms with E-state index in [2.05, 4.69) is 10.6 Å². The van der Waals surface area contributed by atoms with E-state index in [-0.39, 0.29) is 17.7 Å². The number of hydrogen-bond donors (Lipinski definition) is 3. The molecule has 2 heterocycles. The quantitative estimate of drug-likeness (QED) is 0.780. The lowest BCUT2D eigenvalue weighted by Gasteiger charge is -2.26. The second-order valence-corrected chi connectivity index (χ2v) is 5.58. The van der Waals surface area contributed by atoms with Crippen LogP contribution in [0.1, 0.15) is 24.9 Å². The first kappa shape index (κ1) is 15.2. The van der Waals surface area contributed by atoms with Crippen LogP contribution >= 0.6 is 0 Å². The van der Waals surface area contributed by atoms with Crippen LogP contribution in [0, 0.1) is 0 Å². The topological polar surface area (TPSA) is 90.9 Å². The van der Waals surface area contributed by atoms with Crippen molar-refractivity contribution in [2.75, 3.05) is 20.2 Å². The van der Waals surface area contributed by atoms with Crippen LogP contribution in [0.3, 0.4) is 0 Å². The summed E-state index contributed by atoms with van der Waals surface area (Å²) >= 11 is 0. The molecule has 0 fully saturated rings. The third-order valence-corrected chi connectivity index (χ3v) is 4.05. The van der Waals surface area contributed by atoms with Crippen LogP contribution < -0.4 is 15.4 Å². The molecule has 1 aromatic carbocycles. The average molecular weight is 317 g/mol. The third kappa shape index (κ3) is 2.58. The highest BCUT2D eigenvalue weighted by Crippen LogP contribution is 2.36. The van der Waals surface area contributed by atoms with E-state index in [1.54, 1.807) is 17.0 Å². The summed E-state index contributed by atoms with van der Waals surface area (Å²) in [6.45, 7) is 3.07. The number of ether oxygens (including phenoxy) is 1. The first-order valence-electron chi connectivity index (χ1n) is 7.52. The molecular formula is C16H19N3O4. The molecular weight excluding hydrogens is 298 g/mol. The van der Waals surface area contributed by atoms with Crippen LogP contribution in [0.5, 0.6) is 11.5 Å². The zero-order valence-corrected chi connectivity index (χ0v) is 13.0.